The van der Waals surface area contributed by atoms with E-state index in [9.17, 15) is 0 Å². The minimum absolute atomic E-state index is 0.00405. The lowest BCUT2D eigenvalue weighted by Crippen LogP contribution is -2.49. The topological polar surface area (TPSA) is 4.93 Å². The molecule has 0 fully saturated rings. The average Bonchev–Trinajstić information content (AvgIpc) is 3.65. The summed E-state index contributed by atoms with van der Waals surface area (Å²) in [7, 11) is -1.74. The predicted octanol–water partition coefficient (Wildman–Crippen LogP) is 10.7. The first-order valence-electron chi connectivity index (χ1n) is 16.8. The lowest BCUT2D eigenvalue weighted by atomic mass is 9.82. The molecule has 7 aromatic carbocycles. The van der Waals surface area contributed by atoms with E-state index in [0.29, 0.717) is 0 Å². The lowest BCUT2D eigenvalue weighted by Gasteiger charge is -2.21. The summed E-state index contributed by atoms with van der Waals surface area (Å²) >= 11 is 0. The van der Waals surface area contributed by atoms with Gasteiger partial charge in [0.05, 0.1) is 11.0 Å². The highest BCUT2D eigenvalue weighted by Gasteiger charge is 2.38. The van der Waals surface area contributed by atoms with Crippen molar-refractivity contribution < 1.29 is 0 Å². The molecule has 47 heavy (non-hydrogen) atoms. The molecule has 0 unspecified atom stereocenters. The second-order valence-corrected chi connectivity index (χ2v) is 18.9. The highest BCUT2D eigenvalue weighted by Crippen LogP contribution is 2.51. The quantitative estimate of drug-likeness (QED) is 0.170. The third kappa shape index (κ3) is 3.54. The lowest BCUT2D eigenvalue weighted by molar-refractivity contribution is 0.661. The second-order valence-electron chi connectivity index (χ2n) is 14.6. The summed E-state index contributed by atoms with van der Waals surface area (Å²) in [5, 5.41) is 8.30. The number of aromatic nitrogens is 1. The van der Waals surface area contributed by atoms with E-state index in [1.807, 2.05) is 0 Å². The maximum atomic E-state index is 2.50. The van der Waals surface area contributed by atoms with E-state index in [-0.39, 0.29) is 5.41 Å². The first kappa shape index (κ1) is 27.0. The Labute approximate surface area is 276 Å². The zero-order valence-electron chi connectivity index (χ0n) is 27.2. The monoisotopic (exact) mass is 617 g/mol. The molecule has 0 amide bonds. The van der Waals surface area contributed by atoms with Gasteiger partial charge in [-0.05, 0) is 96.0 Å². The number of hydrogen-bond acceptors (Lipinski definition) is 0. The molecule has 0 atom stereocenters. The molecule has 0 N–H and O–H groups in total. The fourth-order valence-electron chi connectivity index (χ4n) is 8.97. The van der Waals surface area contributed by atoms with E-state index in [1.54, 1.807) is 10.4 Å². The standard InChI is InChI=1S/C45H35NSi/c1-45(2)38-14-8-5-13-36(38)44-32-22-20-31(25-30(32)18-23-39(44)45)46-40-15-9-6-11-33(40)37-26-28(19-24-41(37)46)29-17-21-35-34-12-7-10-16-42(34)47(3,4)43(35)27-29/h5-27H,1-4H3. The molecule has 1 aliphatic carbocycles. The van der Waals surface area contributed by atoms with E-state index in [0.717, 1.165) is 0 Å². The minimum Gasteiger partial charge on any atom is -0.309 e. The van der Waals surface area contributed by atoms with Crippen LogP contribution in [0.2, 0.25) is 13.1 Å². The van der Waals surface area contributed by atoms with Gasteiger partial charge >= 0.3 is 0 Å². The van der Waals surface area contributed by atoms with Crippen LogP contribution in [-0.4, -0.2) is 12.6 Å². The van der Waals surface area contributed by atoms with Crippen LogP contribution in [0.25, 0.3) is 71.6 Å². The fraction of sp³-hybridized carbons (Fsp3) is 0.111. The Bertz CT molecular complexity index is 2630. The van der Waals surface area contributed by atoms with E-state index in [2.05, 4.69) is 171 Å². The Morgan fingerprint density at radius 2 is 1.19 bits per heavy atom. The van der Waals surface area contributed by atoms with Crippen molar-refractivity contribution in [2.45, 2.75) is 32.4 Å². The highest BCUT2D eigenvalue weighted by atomic mass is 28.3. The van der Waals surface area contributed by atoms with E-state index < -0.39 is 8.07 Å². The van der Waals surface area contributed by atoms with Gasteiger partial charge in [-0.1, -0.05) is 136 Å². The molecule has 2 heteroatoms. The Balaban J connectivity index is 1.13. The first-order valence-corrected chi connectivity index (χ1v) is 19.8. The molecule has 1 aliphatic heterocycles. The third-order valence-corrected chi connectivity index (χ3v) is 14.9. The van der Waals surface area contributed by atoms with Crippen LogP contribution >= 0.6 is 0 Å². The van der Waals surface area contributed by atoms with Crippen LogP contribution in [0.3, 0.4) is 0 Å². The molecular formula is C45H35NSi. The molecule has 0 bridgehead atoms. The van der Waals surface area contributed by atoms with Crippen LogP contribution in [0.1, 0.15) is 25.0 Å². The summed E-state index contributed by atoms with van der Waals surface area (Å²) in [5.74, 6) is 0. The largest absolute Gasteiger partial charge is 0.309 e. The molecule has 224 valence electrons. The number of nitrogens with zero attached hydrogens (tertiary/aromatic N) is 1. The predicted molar refractivity (Wildman–Crippen MR) is 203 cm³/mol. The van der Waals surface area contributed by atoms with Gasteiger partial charge in [-0.3, -0.25) is 0 Å². The van der Waals surface area contributed by atoms with Crippen molar-refractivity contribution >= 4 is 51.0 Å². The highest BCUT2D eigenvalue weighted by molar-refractivity contribution is 7.03. The first-order chi connectivity index (χ1) is 22.8. The summed E-state index contributed by atoms with van der Waals surface area (Å²) < 4.78 is 2.45. The van der Waals surface area contributed by atoms with Crippen molar-refractivity contribution in [1.29, 1.82) is 0 Å². The van der Waals surface area contributed by atoms with Crippen LogP contribution in [0.15, 0.2) is 140 Å². The maximum absolute atomic E-state index is 2.50. The molecule has 8 aromatic rings. The Morgan fingerprint density at radius 1 is 0.489 bits per heavy atom. The van der Waals surface area contributed by atoms with Crippen LogP contribution in [0.4, 0.5) is 0 Å². The fourth-order valence-corrected chi connectivity index (χ4v) is 12.1. The van der Waals surface area contributed by atoms with Crippen LogP contribution in [-0.2, 0) is 5.41 Å². The van der Waals surface area contributed by atoms with Gasteiger partial charge in [0.2, 0.25) is 0 Å². The zero-order valence-corrected chi connectivity index (χ0v) is 28.2. The van der Waals surface area contributed by atoms with Gasteiger partial charge in [-0.25, -0.2) is 0 Å². The van der Waals surface area contributed by atoms with Gasteiger partial charge in [-0.2, -0.15) is 0 Å². The summed E-state index contributed by atoms with van der Waals surface area (Å²) in [6, 6.07) is 52.8. The number of fused-ring (bicyclic) bond motifs is 11. The van der Waals surface area contributed by atoms with E-state index in [1.165, 1.54) is 82.8 Å². The molecule has 0 spiro atoms. The molecular weight excluding hydrogens is 583 g/mol. The van der Waals surface area contributed by atoms with Crippen LogP contribution in [0, 0.1) is 0 Å². The van der Waals surface area contributed by atoms with Crippen LogP contribution in [0.5, 0.6) is 0 Å². The molecule has 1 aromatic heterocycles. The van der Waals surface area contributed by atoms with Crippen molar-refractivity contribution in [3.8, 4) is 39.1 Å². The SMILES string of the molecule is CC1(C)c2ccccc2-c2c1ccc1cc(-n3c4ccccc4c4cc(-c5ccc6c(c5)[Si](C)(C)c5ccccc5-6)ccc43)ccc21. The Morgan fingerprint density at radius 3 is 2.09 bits per heavy atom. The van der Waals surface area contributed by atoms with Gasteiger partial charge in [-0.15, -0.1) is 0 Å². The summed E-state index contributed by atoms with van der Waals surface area (Å²) in [6.45, 7) is 9.70. The van der Waals surface area contributed by atoms with Gasteiger partial charge in [0.1, 0.15) is 8.07 Å². The van der Waals surface area contributed by atoms with Crippen LogP contribution < -0.4 is 10.4 Å². The number of para-hydroxylation sites is 1. The molecule has 2 heterocycles. The van der Waals surface area contributed by atoms with Gasteiger partial charge in [0.25, 0.3) is 0 Å². The van der Waals surface area contributed by atoms with Crippen molar-refractivity contribution in [3.63, 3.8) is 0 Å². The van der Waals surface area contributed by atoms with Gasteiger partial charge in [0.15, 0.2) is 0 Å². The molecule has 2 aliphatic rings. The maximum Gasteiger partial charge on any atom is 0.113 e. The molecule has 0 saturated carbocycles. The smallest absolute Gasteiger partial charge is 0.113 e. The summed E-state index contributed by atoms with van der Waals surface area (Å²) in [5.41, 5.74) is 14.7. The van der Waals surface area contributed by atoms with Crippen molar-refractivity contribution in [2.75, 3.05) is 0 Å². The van der Waals surface area contributed by atoms with Gasteiger partial charge < -0.3 is 4.57 Å². The van der Waals surface area contributed by atoms with E-state index >= 15 is 0 Å². The molecule has 1 nitrogen and oxygen atoms in total. The summed E-state index contributed by atoms with van der Waals surface area (Å²) in [6.07, 6.45) is 0. The minimum atomic E-state index is -1.74. The second kappa shape index (κ2) is 9.21. The number of hydrogen-bond donors (Lipinski definition) is 0. The average molecular weight is 618 g/mol. The number of benzene rings is 7. The van der Waals surface area contributed by atoms with E-state index in [4.69, 9.17) is 0 Å². The molecule has 0 saturated heterocycles. The molecule has 10 rings (SSSR count). The third-order valence-electron chi connectivity index (χ3n) is 11.4. The van der Waals surface area contributed by atoms with Crippen molar-refractivity contribution in [1.82, 2.24) is 4.57 Å². The summed E-state index contributed by atoms with van der Waals surface area (Å²) in [4.78, 5) is 0. The normalized spacial score (nSPS) is 15.1. The Kier molecular flexibility index (Phi) is 5.29. The molecule has 0 radical (unpaired) electrons. The van der Waals surface area contributed by atoms with Gasteiger partial charge in [0, 0.05) is 21.9 Å². The number of rotatable bonds is 2. The zero-order chi connectivity index (χ0) is 31.7. The van der Waals surface area contributed by atoms with Crippen molar-refractivity contribution in [3.05, 3.63) is 151 Å². The Hall–Kier alpha value is -5.18. The van der Waals surface area contributed by atoms with Crippen molar-refractivity contribution in [2.24, 2.45) is 0 Å².